The van der Waals surface area contributed by atoms with Crippen LogP contribution in [0.2, 0.25) is 0 Å². The molecule has 0 aromatic carbocycles. The predicted octanol–water partition coefficient (Wildman–Crippen LogP) is 1.68. The van der Waals surface area contributed by atoms with Crippen LogP contribution >= 0.6 is 7.80 Å². The molecule has 0 saturated carbocycles. The summed E-state index contributed by atoms with van der Waals surface area (Å²) in [6.45, 7) is 6.90. The summed E-state index contributed by atoms with van der Waals surface area (Å²) >= 11 is 0. The van der Waals surface area contributed by atoms with Crippen LogP contribution in [0.3, 0.4) is 0 Å². The summed E-state index contributed by atoms with van der Waals surface area (Å²) in [5.74, 6) is 0. The van der Waals surface area contributed by atoms with Gasteiger partial charge in [0.05, 0.1) is 0 Å². The molecule has 0 radical (unpaired) electrons. The average Bonchev–Trinajstić information content (AvgIpc) is 1.62. The highest BCUT2D eigenvalue weighted by Crippen LogP contribution is 2.40. The van der Waals surface area contributed by atoms with Crippen LogP contribution in [0.4, 0.5) is 0 Å². The topological polar surface area (TPSA) is 37.3 Å². The second kappa shape index (κ2) is 2.85. The van der Waals surface area contributed by atoms with Crippen LogP contribution in [0.15, 0.2) is 0 Å². The number of rotatable bonds is 2. The van der Waals surface area contributed by atoms with Gasteiger partial charge < -0.3 is 9.67 Å². The predicted molar refractivity (Wildman–Crippen MR) is 40.4 cm³/mol. The van der Waals surface area contributed by atoms with Gasteiger partial charge in [0.25, 0.3) is 0 Å². The minimum atomic E-state index is -1.82. The fourth-order valence-corrected chi connectivity index (χ4v) is 2.12. The first kappa shape index (κ1) is 9.19. The third kappa shape index (κ3) is 3.02. The van der Waals surface area contributed by atoms with Gasteiger partial charge >= 0.3 is 0 Å². The Hall–Kier alpha value is 0.190. The van der Waals surface area contributed by atoms with E-state index in [1.54, 1.807) is 13.8 Å². The van der Waals surface area contributed by atoms with Gasteiger partial charge in [0, 0.05) is 5.66 Å². The minimum Gasteiger partial charge on any atom is -0.383 e. The number of hydrogen-bond acceptors (Lipinski definition) is 2. The Bertz CT molecular complexity index is 113. The average molecular weight is 150 g/mol. The van der Waals surface area contributed by atoms with E-state index in [0.717, 1.165) is 0 Å². The van der Waals surface area contributed by atoms with Crippen LogP contribution in [-0.2, 0) is 4.57 Å². The van der Waals surface area contributed by atoms with Crippen molar-refractivity contribution in [1.29, 1.82) is 0 Å². The molecule has 56 valence electrons. The Morgan fingerprint density at radius 2 is 1.78 bits per heavy atom. The van der Waals surface area contributed by atoms with Gasteiger partial charge in [0.2, 0.25) is 0 Å². The van der Waals surface area contributed by atoms with Crippen LogP contribution in [0, 0.1) is 0 Å². The van der Waals surface area contributed by atoms with E-state index in [4.69, 9.17) is 0 Å². The second-order valence-electron chi connectivity index (χ2n) is 3.08. The van der Waals surface area contributed by atoms with Crippen molar-refractivity contribution in [1.82, 2.24) is 0 Å². The summed E-state index contributed by atoms with van der Waals surface area (Å²) in [5.41, 5.74) is 0.106. The Kier molecular flexibility index (Phi) is 2.91. The van der Waals surface area contributed by atoms with Crippen LogP contribution in [-0.4, -0.2) is 16.1 Å². The maximum atomic E-state index is 11.1. The Morgan fingerprint density at radius 3 is 1.78 bits per heavy atom. The quantitative estimate of drug-likeness (QED) is 0.608. The van der Waals surface area contributed by atoms with Crippen molar-refractivity contribution < 1.29 is 9.67 Å². The van der Waals surface area contributed by atoms with Crippen LogP contribution in [0.5, 0.6) is 0 Å². The molecule has 2 nitrogen and oxygen atoms in total. The third-order valence-electron chi connectivity index (χ3n) is 1.13. The highest BCUT2D eigenvalue weighted by Gasteiger charge is 2.23. The minimum absolute atomic E-state index is 0.106. The number of aliphatic hydroxyl groups is 1. The van der Waals surface area contributed by atoms with Gasteiger partial charge in [-0.2, -0.15) is 0 Å². The van der Waals surface area contributed by atoms with E-state index >= 15 is 0 Å². The van der Waals surface area contributed by atoms with E-state index in [1.807, 2.05) is 13.8 Å². The van der Waals surface area contributed by atoms with Gasteiger partial charge in [0.1, 0.15) is 13.1 Å². The molecule has 0 aromatic rings. The highest BCUT2D eigenvalue weighted by molar-refractivity contribution is 7.46. The first-order valence-corrected chi connectivity index (χ1v) is 4.61. The van der Waals surface area contributed by atoms with Crippen molar-refractivity contribution in [2.75, 3.05) is 0 Å². The SMILES string of the molecule is CC(C)[PH](=O)C(C)(C)O. The molecule has 1 N–H and O–H groups in total. The zero-order valence-electron chi connectivity index (χ0n) is 6.43. The molecule has 0 saturated heterocycles. The molecule has 0 heterocycles. The van der Waals surface area contributed by atoms with Crippen molar-refractivity contribution in [3.63, 3.8) is 0 Å². The Balaban J connectivity index is 4.06. The smallest absolute Gasteiger partial charge is 0.109 e. The van der Waals surface area contributed by atoms with Gasteiger partial charge in [-0.1, -0.05) is 13.8 Å². The summed E-state index contributed by atoms with van der Waals surface area (Å²) in [7, 11) is -1.82. The molecule has 0 aliphatic heterocycles. The Morgan fingerprint density at radius 1 is 1.44 bits per heavy atom. The molecular weight excluding hydrogens is 135 g/mol. The second-order valence-corrected chi connectivity index (χ2v) is 6.18. The molecule has 0 spiro atoms. The van der Waals surface area contributed by atoms with Crippen LogP contribution in [0.1, 0.15) is 27.7 Å². The van der Waals surface area contributed by atoms with Crippen LogP contribution < -0.4 is 0 Å². The lowest BCUT2D eigenvalue weighted by atomic mass is 10.5. The van der Waals surface area contributed by atoms with Crippen molar-refractivity contribution >= 4 is 7.80 Å². The van der Waals surface area contributed by atoms with Crippen LogP contribution in [0.25, 0.3) is 0 Å². The van der Waals surface area contributed by atoms with E-state index in [2.05, 4.69) is 0 Å². The lowest BCUT2D eigenvalue weighted by Crippen LogP contribution is -2.15. The summed E-state index contributed by atoms with van der Waals surface area (Å²) < 4.78 is 11.1. The van der Waals surface area contributed by atoms with Crippen molar-refractivity contribution in [3.05, 3.63) is 0 Å². The molecule has 0 amide bonds. The zero-order chi connectivity index (χ0) is 7.65. The molecule has 9 heavy (non-hydrogen) atoms. The largest absolute Gasteiger partial charge is 0.383 e. The van der Waals surface area contributed by atoms with Crippen molar-refractivity contribution in [2.45, 2.75) is 38.7 Å². The summed E-state index contributed by atoms with van der Waals surface area (Å²) in [5, 5.41) is 8.22. The van der Waals surface area contributed by atoms with E-state index in [1.165, 1.54) is 0 Å². The molecule has 0 aromatic heterocycles. The van der Waals surface area contributed by atoms with E-state index in [9.17, 15) is 9.67 Å². The first-order chi connectivity index (χ1) is 3.85. The molecule has 3 heteroatoms. The zero-order valence-corrected chi connectivity index (χ0v) is 7.43. The van der Waals surface area contributed by atoms with Gasteiger partial charge in [0.15, 0.2) is 0 Å². The monoisotopic (exact) mass is 150 g/mol. The summed E-state index contributed by atoms with van der Waals surface area (Å²) in [6, 6.07) is 0. The molecule has 0 aliphatic carbocycles. The third-order valence-corrected chi connectivity index (χ3v) is 3.38. The lowest BCUT2D eigenvalue weighted by molar-refractivity contribution is 0.166. The molecule has 0 bridgehead atoms. The molecular formula is C6H15O2P. The Labute approximate surface area is 57.1 Å². The maximum absolute atomic E-state index is 11.1. The van der Waals surface area contributed by atoms with Gasteiger partial charge in [-0.25, -0.2) is 0 Å². The summed E-state index contributed by atoms with van der Waals surface area (Å²) in [4.78, 5) is 0. The molecule has 1 unspecified atom stereocenters. The van der Waals surface area contributed by atoms with E-state index in [0.29, 0.717) is 0 Å². The normalized spacial score (nSPS) is 16.2. The summed E-state index contributed by atoms with van der Waals surface area (Å²) in [6.07, 6.45) is 0. The van der Waals surface area contributed by atoms with Gasteiger partial charge in [-0.3, -0.25) is 0 Å². The maximum Gasteiger partial charge on any atom is 0.109 e. The van der Waals surface area contributed by atoms with Crippen molar-refractivity contribution in [2.24, 2.45) is 0 Å². The fourth-order valence-electron chi connectivity index (χ4n) is 0.706. The highest BCUT2D eigenvalue weighted by atomic mass is 31.1. The molecule has 1 atom stereocenters. The molecule has 0 fully saturated rings. The lowest BCUT2D eigenvalue weighted by Gasteiger charge is -2.18. The van der Waals surface area contributed by atoms with Gasteiger partial charge in [-0.05, 0) is 13.8 Å². The molecule has 0 aliphatic rings. The first-order valence-electron chi connectivity index (χ1n) is 3.12. The number of hydrogen-bond donors (Lipinski definition) is 1. The van der Waals surface area contributed by atoms with E-state index < -0.39 is 13.1 Å². The van der Waals surface area contributed by atoms with Crippen molar-refractivity contribution in [3.8, 4) is 0 Å². The van der Waals surface area contributed by atoms with E-state index in [-0.39, 0.29) is 5.66 Å². The van der Waals surface area contributed by atoms with Gasteiger partial charge in [-0.15, -0.1) is 0 Å². The fraction of sp³-hybridized carbons (Fsp3) is 1.00. The molecule has 0 rings (SSSR count). The standard InChI is InChI=1S/C6H15O2P/c1-5(2)9(8)6(3,4)7/h5,7,9H,1-4H3.